The molecule has 4 rings (SSSR count). The monoisotopic (exact) mass is 384 g/mol. The van der Waals surface area contributed by atoms with Crippen molar-refractivity contribution < 1.29 is 9.59 Å². The summed E-state index contributed by atoms with van der Waals surface area (Å²) >= 11 is 0. The fourth-order valence-electron chi connectivity index (χ4n) is 4.02. The summed E-state index contributed by atoms with van der Waals surface area (Å²) in [5.41, 5.74) is 0.822. The Kier molecular flexibility index (Phi) is 4.74. The molecule has 28 heavy (non-hydrogen) atoms. The minimum absolute atomic E-state index is 0.0236. The molecule has 2 aliphatic rings. The van der Waals surface area contributed by atoms with Crippen molar-refractivity contribution in [3.05, 3.63) is 39.6 Å². The molecule has 1 fully saturated rings. The SMILES string of the molecule is Cc1nc2nc(C(=O)N[C@@H]3CCC(=O)N[C@H]3C3CC=CCC3)[nH]n2c(=O)c1C. The van der Waals surface area contributed by atoms with Gasteiger partial charge in [-0.3, -0.25) is 19.5 Å². The second-order valence-corrected chi connectivity index (χ2v) is 7.59. The summed E-state index contributed by atoms with van der Waals surface area (Å²) in [5.74, 6) is 0.121. The highest BCUT2D eigenvalue weighted by Gasteiger charge is 2.35. The van der Waals surface area contributed by atoms with Gasteiger partial charge in [0.15, 0.2) is 0 Å². The van der Waals surface area contributed by atoms with Crippen LogP contribution in [0, 0.1) is 19.8 Å². The number of aromatic amines is 1. The highest BCUT2D eigenvalue weighted by molar-refractivity contribution is 5.91. The van der Waals surface area contributed by atoms with E-state index in [1.54, 1.807) is 13.8 Å². The van der Waals surface area contributed by atoms with Crippen molar-refractivity contribution in [1.82, 2.24) is 30.2 Å². The molecular weight excluding hydrogens is 360 g/mol. The van der Waals surface area contributed by atoms with Crippen LogP contribution in [0.1, 0.15) is 54.0 Å². The van der Waals surface area contributed by atoms with Crippen molar-refractivity contribution in [2.24, 2.45) is 5.92 Å². The van der Waals surface area contributed by atoms with Gasteiger partial charge in [-0.15, -0.1) is 0 Å². The number of rotatable bonds is 3. The number of allylic oxidation sites excluding steroid dienone is 2. The van der Waals surface area contributed by atoms with E-state index in [9.17, 15) is 14.4 Å². The lowest BCUT2D eigenvalue weighted by molar-refractivity contribution is -0.124. The quantitative estimate of drug-likeness (QED) is 0.675. The number of fused-ring (bicyclic) bond motifs is 1. The van der Waals surface area contributed by atoms with Gasteiger partial charge in [-0.1, -0.05) is 12.2 Å². The van der Waals surface area contributed by atoms with Crippen LogP contribution in [0.4, 0.5) is 0 Å². The van der Waals surface area contributed by atoms with Gasteiger partial charge in [0, 0.05) is 17.7 Å². The number of aromatic nitrogens is 4. The predicted molar refractivity (Wildman–Crippen MR) is 102 cm³/mol. The predicted octanol–water partition coefficient (Wildman–Crippen LogP) is 0.768. The molecule has 148 valence electrons. The third-order valence-corrected chi connectivity index (χ3v) is 5.76. The molecule has 3 atom stereocenters. The molecule has 2 amide bonds. The molecule has 0 bridgehead atoms. The van der Waals surface area contributed by atoms with Gasteiger partial charge >= 0.3 is 0 Å². The molecule has 1 unspecified atom stereocenters. The van der Waals surface area contributed by atoms with Crippen LogP contribution in [-0.2, 0) is 4.79 Å². The summed E-state index contributed by atoms with van der Waals surface area (Å²) in [4.78, 5) is 45.5. The van der Waals surface area contributed by atoms with E-state index in [0.717, 1.165) is 19.3 Å². The summed E-state index contributed by atoms with van der Waals surface area (Å²) in [6.07, 6.45) is 8.10. The van der Waals surface area contributed by atoms with Crippen LogP contribution < -0.4 is 16.2 Å². The number of nitrogens with zero attached hydrogens (tertiary/aromatic N) is 3. The summed E-state index contributed by atoms with van der Waals surface area (Å²) in [7, 11) is 0. The molecule has 9 heteroatoms. The fourth-order valence-corrected chi connectivity index (χ4v) is 4.02. The normalized spacial score (nSPS) is 24.9. The van der Waals surface area contributed by atoms with Crippen LogP contribution >= 0.6 is 0 Å². The van der Waals surface area contributed by atoms with Gasteiger partial charge in [-0.25, -0.2) is 4.98 Å². The molecular formula is C19H24N6O3. The average Bonchev–Trinajstić information content (AvgIpc) is 3.12. The van der Waals surface area contributed by atoms with Crippen LogP contribution in [-0.4, -0.2) is 43.5 Å². The summed E-state index contributed by atoms with van der Waals surface area (Å²) in [5, 5.41) is 8.80. The maximum absolute atomic E-state index is 12.8. The lowest BCUT2D eigenvalue weighted by Gasteiger charge is -2.38. The average molecular weight is 384 g/mol. The van der Waals surface area contributed by atoms with Crippen LogP contribution in [0.2, 0.25) is 0 Å². The Morgan fingerprint density at radius 2 is 2.04 bits per heavy atom. The van der Waals surface area contributed by atoms with E-state index in [4.69, 9.17) is 0 Å². The lowest BCUT2D eigenvalue weighted by atomic mass is 9.81. The smallest absolute Gasteiger partial charge is 0.288 e. The van der Waals surface area contributed by atoms with Crippen molar-refractivity contribution >= 4 is 17.6 Å². The first-order valence-electron chi connectivity index (χ1n) is 9.65. The third-order valence-electron chi connectivity index (χ3n) is 5.76. The first-order chi connectivity index (χ1) is 13.4. The summed E-state index contributed by atoms with van der Waals surface area (Å²) in [6, 6.07) is -0.284. The van der Waals surface area contributed by atoms with Crippen molar-refractivity contribution in [2.45, 2.75) is 58.0 Å². The Hall–Kier alpha value is -2.97. The minimum atomic E-state index is -0.405. The summed E-state index contributed by atoms with van der Waals surface area (Å²) < 4.78 is 1.18. The standard InChI is InChI=1S/C19H24N6O3/c1-10-11(2)20-19-23-16(24-25(19)18(10)28)17(27)21-13-8-9-14(26)22-15(13)12-6-4-3-5-7-12/h3-4,12-13,15H,5-9H2,1-2H3,(H,21,27)(H,22,26)(H,20,23,24)/t12?,13-,15+/m1/s1. The Bertz CT molecular complexity index is 1020. The number of hydrogen-bond donors (Lipinski definition) is 3. The first-order valence-corrected chi connectivity index (χ1v) is 9.65. The first kappa shape index (κ1) is 18.4. The molecule has 0 radical (unpaired) electrons. The number of aryl methyl sites for hydroxylation is 1. The minimum Gasteiger partial charge on any atom is -0.351 e. The molecule has 1 aliphatic heterocycles. The van der Waals surface area contributed by atoms with E-state index >= 15 is 0 Å². The molecule has 2 aromatic heterocycles. The highest BCUT2D eigenvalue weighted by atomic mass is 16.2. The number of carbonyl (C=O) groups excluding carboxylic acids is 2. The van der Waals surface area contributed by atoms with E-state index < -0.39 is 5.91 Å². The van der Waals surface area contributed by atoms with Crippen molar-refractivity contribution in [3.63, 3.8) is 0 Å². The van der Waals surface area contributed by atoms with Gasteiger partial charge in [0.1, 0.15) is 0 Å². The molecule has 3 N–H and O–H groups in total. The molecule has 0 saturated carbocycles. The molecule has 0 spiro atoms. The topological polar surface area (TPSA) is 121 Å². The number of carbonyl (C=O) groups is 2. The van der Waals surface area contributed by atoms with Crippen LogP contribution in [0.5, 0.6) is 0 Å². The Morgan fingerprint density at radius 3 is 2.79 bits per heavy atom. The van der Waals surface area contributed by atoms with E-state index in [2.05, 4.69) is 37.9 Å². The largest absolute Gasteiger partial charge is 0.351 e. The van der Waals surface area contributed by atoms with Gasteiger partial charge in [0.2, 0.25) is 11.7 Å². The number of hydrogen-bond acceptors (Lipinski definition) is 5. The van der Waals surface area contributed by atoms with Gasteiger partial charge in [0.05, 0.1) is 12.1 Å². The highest BCUT2D eigenvalue weighted by Crippen LogP contribution is 2.27. The van der Waals surface area contributed by atoms with Crippen molar-refractivity contribution in [2.75, 3.05) is 0 Å². The number of piperidine rings is 1. The van der Waals surface area contributed by atoms with Gasteiger partial charge < -0.3 is 10.6 Å². The molecule has 9 nitrogen and oxygen atoms in total. The van der Waals surface area contributed by atoms with E-state index in [1.165, 1.54) is 4.52 Å². The zero-order valence-corrected chi connectivity index (χ0v) is 16.0. The fraction of sp³-hybridized carbons (Fsp3) is 0.526. The molecule has 1 saturated heterocycles. The lowest BCUT2D eigenvalue weighted by Crippen LogP contribution is -2.58. The summed E-state index contributed by atoms with van der Waals surface area (Å²) in [6.45, 7) is 3.42. The molecule has 1 aliphatic carbocycles. The Labute approximate surface area is 161 Å². The second kappa shape index (κ2) is 7.21. The van der Waals surface area contributed by atoms with E-state index in [1.807, 2.05) is 0 Å². The number of amides is 2. The zero-order chi connectivity index (χ0) is 19.8. The van der Waals surface area contributed by atoms with E-state index in [0.29, 0.717) is 30.0 Å². The van der Waals surface area contributed by atoms with Crippen LogP contribution in [0.25, 0.3) is 5.78 Å². The van der Waals surface area contributed by atoms with Crippen molar-refractivity contribution in [3.8, 4) is 0 Å². The van der Waals surface area contributed by atoms with E-state index in [-0.39, 0.29) is 35.2 Å². The maximum Gasteiger partial charge on any atom is 0.288 e. The number of nitrogens with one attached hydrogen (secondary N) is 3. The molecule has 0 aromatic carbocycles. The second-order valence-electron chi connectivity index (χ2n) is 7.59. The Morgan fingerprint density at radius 1 is 1.21 bits per heavy atom. The Balaban J connectivity index is 1.57. The molecule has 3 heterocycles. The van der Waals surface area contributed by atoms with Gasteiger partial charge in [-0.05, 0) is 45.4 Å². The van der Waals surface area contributed by atoms with Crippen LogP contribution in [0.3, 0.4) is 0 Å². The maximum atomic E-state index is 12.8. The van der Waals surface area contributed by atoms with Gasteiger partial charge in [-0.2, -0.15) is 9.50 Å². The van der Waals surface area contributed by atoms with Crippen LogP contribution in [0.15, 0.2) is 16.9 Å². The van der Waals surface area contributed by atoms with Crippen molar-refractivity contribution in [1.29, 1.82) is 0 Å². The zero-order valence-electron chi connectivity index (χ0n) is 16.0. The number of H-pyrrole nitrogens is 1. The third kappa shape index (κ3) is 3.32. The van der Waals surface area contributed by atoms with Gasteiger partial charge in [0.25, 0.3) is 17.2 Å². The molecule has 2 aromatic rings.